The summed E-state index contributed by atoms with van der Waals surface area (Å²) in [4.78, 5) is 45.3. The lowest BCUT2D eigenvalue weighted by molar-refractivity contribution is -0.126. The van der Waals surface area contributed by atoms with Gasteiger partial charge in [0.15, 0.2) is 0 Å². The van der Waals surface area contributed by atoms with Crippen LogP contribution in [0.4, 0.5) is 5.82 Å². The van der Waals surface area contributed by atoms with Gasteiger partial charge in [-0.2, -0.15) is 0 Å². The Hall–Kier alpha value is -3.22. The molecule has 0 spiro atoms. The third-order valence-corrected chi connectivity index (χ3v) is 6.09. The molecule has 156 valence electrons. The Morgan fingerprint density at radius 1 is 1.07 bits per heavy atom. The van der Waals surface area contributed by atoms with Crippen molar-refractivity contribution in [2.75, 3.05) is 31.1 Å². The minimum absolute atomic E-state index is 0.0214. The molecule has 0 aliphatic carbocycles. The Balaban J connectivity index is 1.42. The smallest absolute Gasteiger partial charge is 0.253 e. The lowest BCUT2D eigenvalue weighted by Gasteiger charge is -2.36. The summed E-state index contributed by atoms with van der Waals surface area (Å²) in [5.41, 5.74) is 2.75. The predicted molar refractivity (Wildman–Crippen MR) is 113 cm³/mol. The maximum Gasteiger partial charge on any atom is 0.253 e. The molecule has 2 aromatic rings. The molecule has 2 aliphatic rings. The number of aromatic nitrogens is 1. The standard InChI is InChI=1S/C23H26N4O3/c1-15-12-16(2)20(24-14-15)26-8-10-27(11-9-26)21(29)17-4-6-18(7-5-17)23(3)13-19(28)25-22(23)30/h4-7,12,14H,8-11,13H2,1-3H3,(H,25,28,30)/t23-/m0/s1. The summed E-state index contributed by atoms with van der Waals surface area (Å²) in [6.07, 6.45) is 2.01. The van der Waals surface area contributed by atoms with Gasteiger partial charge in [-0.1, -0.05) is 18.2 Å². The van der Waals surface area contributed by atoms with Gasteiger partial charge in [0.2, 0.25) is 11.8 Å². The zero-order valence-electron chi connectivity index (χ0n) is 17.6. The first kappa shape index (κ1) is 20.1. The van der Waals surface area contributed by atoms with Crippen LogP contribution in [0.25, 0.3) is 0 Å². The van der Waals surface area contributed by atoms with E-state index in [1.54, 1.807) is 31.2 Å². The molecule has 1 atom stereocenters. The van der Waals surface area contributed by atoms with Gasteiger partial charge < -0.3 is 9.80 Å². The van der Waals surface area contributed by atoms with Crippen LogP contribution >= 0.6 is 0 Å². The number of anilines is 1. The van der Waals surface area contributed by atoms with Crippen molar-refractivity contribution in [3.05, 3.63) is 58.8 Å². The minimum atomic E-state index is -0.872. The third-order valence-electron chi connectivity index (χ3n) is 6.09. The SMILES string of the molecule is Cc1cnc(N2CCN(C(=O)c3ccc([C@]4(C)CC(=O)NC4=O)cc3)CC2)c(C)c1. The number of rotatable bonds is 3. The average Bonchev–Trinajstić information content (AvgIpc) is 3.00. The second-order valence-electron chi connectivity index (χ2n) is 8.40. The van der Waals surface area contributed by atoms with Crippen LogP contribution in [0.5, 0.6) is 0 Å². The number of nitrogens with one attached hydrogen (secondary N) is 1. The Labute approximate surface area is 176 Å². The van der Waals surface area contributed by atoms with Gasteiger partial charge >= 0.3 is 0 Å². The fourth-order valence-corrected chi connectivity index (χ4v) is 4.27. The number of piperazine rings is 1. The highest BCUT2D eigenvalue weighted by Gasteiger charge is 2.43. The van der Waals surface area contributed by atoms with Crippen molar-refractivity contribution in [2.45, 2.75) is 32.6 Å². The first-order valence-electron chi connectivity index (χ1n) is 10.2. The van der Waals surface area contributed by atoms with E-state index in [-0.39, 0.29) is 24.1 Å². The largest absolute Gasteiger partial charge is 0.353 e. The van der Waals surface area contributed by atoms with Crippen LogP contribution in [0.2, 0.25) is 0 Å². The molecule has 2 saturated heterocycles. The first-order valence-corrected chi connectivity index (χ1v) is 10.2. The predicted octanol–water partition coefficient (Wildman–Crippen LogP) is 1.97. The number of carbonyl (C=O) groups excluding carboxylic acids is 3. The summed E-state index contributed by atoms with van der Waals surface area (Å²) in [5, 5.41) is 2.36. The second-order valence-corrected chi connectivity index (χ2v) is 8.40. The molecule has 0 saturated carbocycles. The van der Waals surface area contributed by atoms with E-state index >= 15 is 0 Å². The number of hydrogen-bond donors (Lipinski definition) is 1. The number of amides is 3. The molecule has 7 nitrogen and oxygen atoms in total. The van der Waals surface area contributed by atoms with E-state index < -0.39 is 5.41 Å². The summed E-state index contributed by atoms with van der Waals surface area (Å²) in [5.74, 6) is 0.406. The fourth-order valence-electron chi connectivity index (χ4n) is 4.27. The van der Waals surface area contributed by atoms with Gasteiger partial charge in [0.05, 0.1) is 5.41 Å². The van der Waals surface area contributed by atoms with Crippen LogP contribution in [-0.4, -0.2) is 53.8 Å². The van der Waals surface area contributed by atoms with Crippen molar-refractivity contribution in [1.29, 1.82) is 0 Å². The van der Waals surface area contributed by atoms with Crippen molar-refractivity contribution >= 4 is 23.5 Å². The van der Waals surface area contributed by atoms with Crippen LogP contribution in [0, 0.1) is 13.8 Å². The average molecular weight is 406 g/mol. The number of hydrogen-bond acceptors (Lipinski definition) is 5. The fraction of sp³-hybridized carbons (Fsp3) is 0.391. The topological polar surface area (TPSA) is 82.6 Å². The van der Waals surface area contributed by atoms with E-state index in [4.69, 9.17) is 0 Å². The highest BCUT2D eigenvalue weighted by molar-refractivity contribution is 6.08. The first-order chi connectivity index (χ1) is 14.3. The molecule has 0 radical (unpaired) electrons. The maximum absolute atomic E-state index is 12.9. The van der Waals surface area contributed by atoms with E-state index in [1.165, 1.54) is 0 Å². The molecule has 4 rings (SSSR count). The molecule has 2 fully saturated rings. The molecule has 0 unspecified atom stereocenters. The van der Waals surface area contributed by atoms with Gasteiger partial charge in [-0.05, 0) is 49.6 Å². The summed E-state index contributed by atoms with van der Waals surface area (Å²) >= 11 is 0. The van der Waals surface area contributed by atoms with E-state index in [0.29, 0.717) is 18.7 Å². The third kappa shape index (κ3) is 3.56. The highest BCUT2D eigenvalue weighted by Crippen LogP contribution is 2.32. The quantitative estimate of drug-likeness (QED) is 0.788. The minimum Gasteiger partial charge on any atom is -0.353 e. The van der Waals surface area contributed by atoms with Gasteiger partial charge in [-0.25, -0.2) is 4.98 Å². The van der Waals surface area contributed by atoms with Gasteiger partial charge in [-0.3, -0.25) is 19.7 Å². The van der Waals surface area contributed by atoms with Crippen LogP contribution < -0.4 is 10.2 Å². The van der Waals surface area contributed by atoms with Crippen molar-refractivity contribution in [2.24, 2.45) is 0 Å². The molecule has 7 heteroatoms. The van der Waals surface area contributed by atoms with E-state index in [1.807, 2.05) is 18.0 Å². The van der Waals surface area contributed by atoms with Crippen LogP contribution in [0.3, 0.4) is 0 Å². The van der Waals surface area contributed by atoms with Crippen molar-refractivity contribution < 1.29 is 14.4 Å². The number of carbonyl (C=O) groups is 3. The highest BCUT2D eigenvalue weighted by atomic mass is 16.2. The monoisotopic (exact) mass is 406 g/mol. The molecule has 2 aliphatic heterocycles. The zero-order chi connectivity index (χ0) is 21.5. The Morgan fingerprint density at radius 2 is 1.73 bits per heavy atom. The van der Waals surface area contributed by atoms with E-state index in [0.717, 1.165) is 35.6 Å². The number of nitrogens with zero attached hydrogens (tertiary/aromatic N) is 3. The van der Waals surface area contributed by atoms with Crippen LogP contribution in [-0.2, 0) is 15.0 Å². The van der Waals surface area contributed by atoms with E-state index in [2.05, 4.69) is 28.2 Å². The lowest BCUT2D eigenvalue weighted by Crippen LogP contribution is -2.49. The summed E-state index contributed by atoms with van der Waals surface area (Å²) in [7, 11) is 0. The van der Waals surface area contributed by atoms with Crippen molar-refractivity contribution in [1.82, 2.24) is 15.2 Å². The molecule has 1 aromatic heterocycles. The molecule has 1 aromatic carbocycles. The molecule has 30 heavy (non-hydrogen) atoms. The van der Waals surface area contributed by atoms with Gasteiger partial charge in [-0.15, -0.1) is 0 Å². The Bertz CT molecular complexity index is 1010. The zero-order valence-corrected chi connectivity index (χ0v) is 17.6. The molecular weight excluding hydrogens is 380 g/mol. The van der Waals surface area contributed by atoms with Gasteiger partial charge in [0, 0.05) is 44.4 Å². The number of imide groups is 1. The van der Waals surface area contributed by atoms with Crippen molar-refractivity contribution in [3.8, 4) is 0 Å². The van der Waals surface area contributed by atoms with Crippen LogP contribution in [0.1, 0.15) is 40.4 Å². The van der Waals surface area contributed by atoms with Gasteiger partial charge in [0.25, 0.3) is 5.91 Å². The lowest BCUT2D eigenvalue weighted by atomic mass is 9.80. The Kier molecular flexibility index (Phi) is 5.05. The molecular formula is C23H26N4O3. The molecule has 1 N–H and O–H groups in total. The van der Waals surface area contributed by atoms with E-state index in [9.17, 15) is 14.4 Å². The number of aryl methyl sites for hydroxylation is 2. The Morgan fingerprint density at radius 3 is 2.30 bits per heavy atom. The van der Waals surface area contributed by atoms with Crippen LogP contribution in [0.15, 0.2) is 36.5 Å². The number of benzene rings is 1. The van der Waals surface area contributed by atoms with Crippen molar-refractivity contribution in [3.63, 3.8) is 0 Å². The molecule has 0 bridgehead atoms. The second kappa shape index (κ2) is 7.55. The van der Waals surface area contributed by atoms with Gasteiger partial charge in [0.1, 0.15) is 5.82 Å². The summed E-state index contributed by atoms with van der Waals surface area (Å²) in [6, 6.07) is 9.18. The normalized spacial score (nSPS) is 21.7. The molecule has 3 amide bonds. The summed E-state index contributed by atoms with van der Waals surface area (Å²) < 4.78 is 0. The summed E-state index contributed by atoms with van der Waals surface area (Å²) in [6.45, 7) is 8.58. The number of pyridine rings is 1. The molecule has 3 heterocycles. The maximum atomic E-state index is 12.9.